The quantitative estimate of drug-likeness (QED) is 0.149. The summed E-state index contributed by atoms with van der Waals surface area (Å²) in [7, 11) is 0. The third-order valence-corrected chi connectivity index (χ3v) is 23.4. The van der Waals surface area contributed by atoms with E-state index in [0.717, 1.165) is 56.0 Å². The van der Waals surface area contributed by atoms with Crippen molar-refractivity contribution in [2.75, 3.05) is 9.80 Å². The number of nitriles is 2. The molecular formula is C100H58N4. The summed E-state index contributed by atoms with van der Waals surface area (Å²) >= 11 is 0. The molecule has 4 nitrogen and oxygen atoms in total. The van der Waals surface area contributed by atoms with Gasteiger partial charge in [0.25, 0.3) is 0 Å². The molecule has 104 heavy (non-hydrogen) atoms. The van der Waals surface area contributed by atoms with Crippen molar-refractivity contribution in [2.24, 2.45) is 0 Å². The standard InChI is InChI=1S/C100H58N4/c101-59-61-22-20-27-68(54-61)103(67-25-2-1-3-26-67)70-47-52-72-64(56-70)45-50-86-94-82-37-9-6-31-76(82)87-58-63(44-49-84(87)98(94)100(96(72)86)90-41-17-13-34-79(90)80-35-14-18-42-91(80)100)62-24-21-28-69(55-62)104(92-43-19-4-23-66(92)60-102)71-48-53-73-65(57-71)46-51-85-93-81-36-8-5-29-74(81)75-30-7-10-38-83(75)97(93)99(95(73)85)88-39-15-11-32-77(88)78-33-12-16-40-89(78)99/h1-58H. The van der Waals surface area contributed by atoms with Crippen LogP contribution in [0.5, 0.6) is 0 Å². The lowest BCUT2D eigenvalue weighted by Gasteiger charge is -2.33. The second-order valence-corrected chi connectivity index (χ2v) is 28.2. The van der Waals surface area contributed by atoms with Crippen molar-refractivity contribution >= 4 is 98.8 Å². The fourth-order valence-electron chi connectivity index (χ4n) is 19.5. The van der Waals surface area contributed by atoms with Crippen LogP contribution in [0.25, 0.3) is 120 Å². The number of fused-ring (bicyclic) bond motifs is 34. The summed E-state index contributed by atoms with van der Waals surface area (Å²) in [5.74, 6) is 0. The molecule has 0 heterocycles. The highest BCUT2D eigenvalue weighted by molar-refractivity contribution is 6.24. The van der Waals surface area contributed by atoms with E-state index < -0.39 is 10.8 Å². The van der Waals surface area contributed by atoms with Crippen LogP contribution in [-0.4, -0.2) is 0 Å². The van der Waals surface area contributed by atoms with Gasteiger partial charge in [-0.3, -0.25) is 0 Å². The van der Waals surface area contributed by atoms with Crippen molar-refractivity contribution in [2.45, 2.75) is 10.8 Å². The normalized spacial score (nSPS) is 13.3. The van der Waals surface area contributed by atoms with Crippen LogP contribution in [0.2, 0.25) is 0 Å². The highest BCUT2D eigenvalue weighted by Crippen LogP contribution is 2.69. The van der Waals surface area contributed by atoms with Gasteiger partial charge in [0, 0.05) is 28.4 Å². The van der Waals surface area contributed by atoms with E-state index in [1.807, 2.05) is 42.5 Å². The summed E-state index contributed by atoms with van der Waals surface area (Å²) in [5, 5.41) is 35.7. The molecule has 4 aliphatic rings. The van der Waals surface area contributed by atoms with Gasteiger partial charge in [-0.15, -0.1) is 0 Å². The van der Waals surface area contributed by atoms with Crippen LogP contribution in [0.15, 0.2) is 352 Å². The minimum Gasteiger partial charge on any atom is -0.310 e. The van der Waals surface area contributed by atoms with Crippen molar-refractivity contribution in [3.63, 3.8) is 0 Å². The van der Waals surface area contributed by atoms with Gasteiger partial charge in [-0.2, -0.15) is 10.5 Å². The van der Waals surface area contributed by atoms with Crippen molar-refractivity contribution < 1.29 is 0 Å². The van der Waals surface area contributed by atoms with Crippen LogP contribution in [0.3, 0.4) is 0 Å². The molecule has 0 unspecified atom stereocenters. The monoisotopic (exact) mass is 1310 g/mol. The highest BCUT2D eigenvalue weighted by Gasteiger charge is 2.56. The van der Waals surface area contributed by atoms with Crippen LogP contribution in [0.4, 0.5) is 34.1 Å². The predicted octanol–water partition coefficient (Wildman–Crippen LogP) is 25.6. The maximum absolute atomic E-state index is 11.1. The van der Waals surface area contributed by atoms with Crippen LogP contribution >= 0.6 is 0 Å². The van der Waals surface area contributed by atoms with Crippen molar-refractivity contribution in [3.8, 4) is 67.8 Å². The van der Waals surface area contributed by atoms with E-state index in [2.05, 4.69) is 331 Å². The number of nitrogens with zero attached hydrogens (tertiary/aromatic N) is 4. The van der Waals surface area contributed by atoms with Gasteiger partial charge in [0.1, 0.15) is 6.07 Å². The average Bonchev–Trinajstić information content (AvgIpc) is 1.50. The summed E-state index contributed by atoms with van der Waals surface area (Å²) in [6.45, 7) is 0. The molecular weight excluding hydrogens is 1260 g/mol. The second-order valence-electron chi connectivity index (χ2n) is 28.2. The Morgan fingerprint density at radius 2 is 0.644 bits per heavy atom. The van der Waals surface area contributed by atoms with Gasteiger partial charge >= 0.3 is 0 Å². The summed E-state index contributed by atoms with van der Waals surface area (Å²) < 4.78 is 0. The molecule has 18 aromatic rings. The molecule has 0 amide bonds. The van der Waals surface area contributed by atoms with E-state index >= 15 is 0 Å². The van der Waals surface area contributed by atoms with Crippen LogP contribution in [-0.2, 0) is 10.8 Å². The molecule has 4 aliphatic carbocycles. The molecule has 0 radical (unpaired) electrons. The molecule has 0 bridgehead atoms. The molecule has 4 heteroatoms. The summed E-state index contributed by atoms with van der Waals surface area (Å²) in [6.07, 6.45) is 0. The molecule has 0 aliphatic heterocycles. The van der Waals surface area contributed by atoms with Crippen LogP contribution in [0.1, 0.15) is 55.6 Å². The van der Waals surface area contributed by atoms with Crippen LogP contribution in [0, 0.1) is 22.7 Å². The zero-order chi connectivity index (χ0) is 68.5. The number of hydrogen-bond donors (Lipinski definition) is 0. The zero-order valence-electron chi connectivity index (χ0n) is 56.3. The van der Waals surface area contributed by atoms with Crippen molar-refractivity contribution in [1.29, 1.82) is 10.5 Å². The molecule has 0 fully saturated rings. The van der Waals surface area contributed by atoms with E-state index in [1.165, 1.54) is 143 Å². The van der Waals surface area contributed by atoms with E-state index in [1.54, 1.807) is 0 Å². The second kappa shape index (κ2) is 21.8. The smallest absolute Gasteiger partial charge is 0.101 e. The maximum atomic E-state index is 11.1. The largest absolute Gasteiger partial charge is 0.310 e. The molecule has 0 atom stereocenters. The Hall–Kier alpha value is -13.9. The number of hydrogen-bond acceptors (Lipinski definition) is 4. The first-order valence-corrected chi connectivity index (χ1v) is 35.7. The summed E-state index contributed by atoms with van der Waals surface area (Å²) in [4.78, 5) is 4.55. The Morgan fingerprint density at radius 3 is 1.20 bits per heavy atom. The van der Waals surface area contributed by atoms with Gasteiger partial charge in [-0.25, -0.2) is 0 Å². The van der Waals surface area contributed by atoms with E-state index in [9.17, 15) is 10.5 Å². The van der Waals surface area contributed by atoms with Crippen molar-refractivity contribution in [3.05, 3.63) is 407 Å². The van der Waals surface area contributed by atoms with Gasteiger partial charge < -0.3 is 9.80 Å². The molecule has 18 aromatic carbocycles. The lowest BCUT2D eigenvalue weighted by atomic mass is 9.68. The third kappa shape index (κ3) is 7.67. The molecule has 0 saturated heterocycles. The Bertz CT molecular complexity index is 6830. The minimum atomic E-state index is -0.698. The first-order chi connectivity index (χ1) is 51.5. The first-order valence-electron chi connectivity index (χ1n) is 35.7. The van der Waals surface area contributed by atoms with Gasteiger partial charge in [0.2, 0.25) is 0 Å². The Balaban J connectivity index is 0.732. The molecule has 0 aromatic heterocycles. The fraction of sp³-hybridized carbons (Fsp3) is 0.0200. The van der Waals surface area contributed by atoms with E-state index in [0.29, 0.717) is 11.1 Å². The number of rotatable bonds is 7. The number of para-hydroxylation sites is 2. The van der Waals surface area contributed by atoms with Gasteiger partial charge in [-0.1, -0.05) is 267 Å². The topological polar surface area (TPSA) is 54.1 Å². The summed E-state index contributed by atoms with van der Waals surface area (Å²) in [6, 6.07) is 134. The third-order valence-electron chi connectivity index (χ3n) is 23.4. The summed E-state index contributed by atoms with van der Waals surface area (Å²) in [5.41, 5.74) is 28.2. The number of anilines is 6. The van der Waals surface area contributed by atoms with Crippen LogP contribution < -0.4 is 9.80 Å². The Kier molecular flexibility index (Phi) is 12.1. The average molecular weight is 1320 g/mol. The van der Waals surface area contributed by atoms with Gasteiger partial charge in [0.05, 0.1) is 33.7 Å². The van der Waals surface area contributed by atoms with Gasteiger partial charge in [-0.05, 0) is 250 Å². The van der Waals surface area contributed by atoms with Gasteiger partial charge in [0.15, 0.2) is 0 Å². The number of benzene rings is 18. The SMILES string of the molecule is N#Cc1cccc(N(c2ccccc2)c2ccc3c4c(ccc3c2)-c2c(c3ccc(-c5cccc(N(c6ccc7c8c(ccc7c6)-c6c(c7ccccc7c7ccccc67)C86c7ccccc7-c7ccccc76)c6ccccc6C#N)c5)cc3c3ccccc23)C42c3ccccc3-c3ccccc32)c1. The first kappa shape index (κ1) is 57.9. The molecule has 22 rings (SSSR count). The van der Waals surface area contributed by atoms with E-state index in [-0.39, 0.29) is 0 Å². The maximum Gasteiger partial charge on any atom is 0.101 e. The lowest BCUT2D eigenvalue weighted by molar-refractivity contribution is 0.809. The van der Waals surface area contributed by atoms with Crippen molar-refractivity contribution in [1.82, 2.24) is 0 Å². The molecule has 478 valence electrons. The molecule has 0 N–H and O–H groups in total. The Morgan fingerprint density at radius 1 is 0.231 bits per heavy atom. The lowest BCUT2D eigenvalue weighted by Crippen LogP contribution is -2.26. The van der Waals surface area contributed by atoms with E-state index in [4.69, 9.17) is 0 Å². The Labute approximate surface area is 601 Å². The minimum absolute atomic E-state index is 0.583. The molecule has 0 saturated carbocycles. The fourth-order valence-corrected chi connectivity index (χ4v) is 19.5. The zero-order valence-corrected chi connectivity index (χ0v) is 56.3. The predicted molar refractivity (Wildman–Crippen MR) is 428 cm³/mol. The highest BCUT2D eigenvalue weighted by atomic mass is 15.1. The molecule has 2 spiro atoms.